The zero-order chi connectivity index (χ0) is 6.69. The molecule has 0 amide bonds. The highest BCUT2D eigenvalue weighted by atomic mass is 16.5. The largest absolute Gasteiger partial charge is 0.314 e. The van der Waals surface area contributed by atoms with Crippen LogP contribution >= 0.6 is 0 Å². The average molecular weight is 129 g/mol. The van der Waals surface area contributed by atoms with Gasteiger partial charge in [0.1, 0.15) is 0 Å². The Bertz CT molecular complexity index is 87.1. The van der Waals surface area contributed by atoms with E-state index in [1.54, 1.807) is 0 Å². The van der Waals surface area contributed by atoms with Crippen LogP contribution in [-0.4, -0.2) is 35.9 Å². The summed E-state index contributed by atoms with van der Waals surface area (Å²) in [6, 6.07) is 0.277. The maximum absolute atomic E-state index is 9.14. The molecular weight excluding hydrogens is 116 g/mol. The highest BCUT2D eigenvalue weighted by Gasteiger charge is 2.18. The summed E-state index contributed by atoms with van der Waals surface area (Å²) in [6.07, 6.45) is 0.986. The number of hydrogen-bond acceptors (Lipinski definition) is 2. The quantitative estimate of drug-likeness (QED) is 0.544. The lowest BCUT2D eigenvalue weighted by atomic mass is 10.2. The minimum Gasteiger partial charge on any atom is -0.314 e. The van der Waals surface area contributed by atoms with Gasteiger partial charge in [0.2, 0.25) is 0 Å². The van der Waals surface area contributed by atoms with Crippen LogP contribution in [0.5, 0.6) is 0 Å². The van der Waals surface area contributed by atoms with Crippen molar-refractivity contribution in [1.82, 2.24) is 10.4 Å². The molecule has 1 unspecified atom stereocenters. The third kappa shape index (κ3) is 1.64. The number of nitrogens with zero attached hydrogens (tertiary/aromatic N) is 2. The van der Waals surface area contributed by atoms with E-state index >= 15 is 0 Å². The van der Waals surface area contributed by atoms with Crippen molar-refractivity contribution in [3.63, 3.8) is 0 Å². The maximum atomic E-state index is 9.14. The molecule has 53 valence electrons. The van der Waals surface area contributed by atoms with Crippen molar-refractivity contribution in [1.29, 1.82) is 0 Å². The van der Waals surface area contributed by atoms with Crippen LogP contribution in [0.2, 0.25) is 0 Å². The summed E-state index contributed by atoms with van der Waals surface area (Å²) in [5.74, 6) is 0. The van der Waals surface area contributed by atoms with Gasteiger partial charge in [0.15, 0.2) is 0 Å². The summed E-state index contributed by atoms with van der Waals surface area (Å²) in [5, 5.41) is 14.7. The van der Waals surface area contributed by atoms with Crippen molar-refractivity contribution in [2.75, 3.05) is 19.6 Å². The van der Waals surface area contributed by atoms with E-state index in [1.165, 1.54) is 5.06 Å². The van der Waals surface area contributed by atoms with E-state index in [1.807, 2.05) is 0 Å². The third-order valence-corrected chi connectivity index (χ3v) is 1.72. The van der Waals surface area contributed by atoms with Crippen LogP contribution in [0.1, 0.15) is 13.3 Å². The number of rotatable bonds is 1. The van der Waals surface area contributed by atoms with Gasteiger partial charge in [-0.25, -0.2) is 5.32 Å². The first-order chi connectivity index (χ1) is 4.34. The summed E-state index contributed by atoms with van der Waals surface area (Å²) in [4.78, 5) is 0. The highest BCUT2D eigenvalue weighted by molar-refractivity contribution is 4.71. The molecule has 1 aliphatic heterocycles. The zero-order valence-corrected chi connectivity index (χ0v) is 5.75. The van der Waals surface area contributed by atoms with E-state index in [9.17, 15) is 0 Å². The Morgan fingerprint density at radius 3 is 3.00 bits per heavy atom. The van der Waals surface area contributed by atoms with Crippen LogP contribution in [-0.2, 0) is 0 Å². The summed E-state index contributed by atoms with van der Waals surface area (Å²) >= 11 is 0. The molecule has 0 aromatic heterocycles. The molecule has 1 rings (SSSR count). The van der Waals surface area contributed by atoms with Gasteiger partial charge in [-0.3, -0.25) is 0 Å². The first kappa shape index (κ1) is 6.99. The van der Waals surface area contributed by atoms with Gasteiger partial charge in [0.05, 0.1) is 0 Å². The Morgan fingerprint density at radius 2 is 2.56 bits per heavy atom. The van der Waals surface area contributed by atoms with Gasteiger partial charge in [0.25, 0.3) is 0 Å². The normalized spacial score (nSPS) is 30.7. The van der Waals surface area contributed by atoms with Crippen molar-refractivity contribution in [2.24, 2.45) is 0 Å². The van der Waals surface area contributed by atoms with Crippen molar-refractivity contribution >= 4 is 0 Å². The molecule has 0 saturated carbocycles. The van der Waals surface area contributed by atoms with Crippen molar-refractivity contribution in [3.8, 4) is 0 Å². The minimum absolute atomic E-state index is 0.277. The van der Waals surface area contributed by atoms with Crippen molar-refractivity contribution in [2.45, 2.75) is 19.4 Å². The monoisotopic (exact) mass is 129 g/mol. The summed E-state index contributed by atoms with van der Waals surface area (Å²) in [6.45, 7) is 4.35. The fourth-order valence-corrected chi connectivity index (χ4v) is 1.03. The summed E-state index contributed by atoms with van der Waals surface area (Å²) in [7, 11) is 0. The second-order valence-electron chi connectivity index (χ2n) is 2.35. The Kier molecular flexibility index (Phi) is 2.45. The number of hydrogen-bond donors (Lipinski definition) is 1. The van der Waals surface area contributed by atoms with Crippen LogP contribution < -0.4 is 5.32 Å². The predicted octanol–water partition coefficient (Wildman–Crippen LogP) is 0.0742. The number of hydroxylamine groups is 2. The molecule has 0 aromatic carbocycles. The van der Waals surface area contributed by atoms with Gasteiger partial charge in [-0.05, 0) is 6.42 Å². The van der Waals surface area contributed by atoms with E-state index in [0.29, 0.717) is 6.54 Å². The first-order valence-corrected chi connectivity index (χ1v) is 3.43. The van der Waals surface area contributed by atoms with Gasteiger partial charge < -0.3 is 5.21 Å². The molecule has 1 heterocycles. The second kappa shape index (κ2) is 3.15. The molecule has 0 spiro atoms. The van der Waals surface area contributed by atoms with Crippen LogP contribution in [0, 0.1) is 0 Å². The van der Waals surface area contributed by atoms with E-state index in [-0.39, 0.29) is 6.04 Å². The average Bonchev–Trinajstić information content (AvgIpc) is 1.89. The van der Waals surface area contributed by atoms with Gasteiger partial charge >= 0.3 is 0 Å². The molecule has 3 nitrogen and oxygen atoms in total. The lowest BCUT2D eigenvalue weighted by molar-refractivity contribution is -0.136. The van der Waals surface area contributed by atoms with Gasteiger partial charge in [-0.15, -0.1) is 0 Å². The first-order valence-electron chi connectivity index (χ1n) is 3.43. The van der Waals surface area contributed by atoms with E-state index in [0.717, 1.165) is 19.5 Å². The second-order valence-corrected chi connectivity index (χ2v) is 2.35. The fourth-order valence-electron chi connectivity index (χ4n) is 1.03. The topological polar surface area (TPSA) is 37.6 Å². The Morgan fingerprint density at radius 1 is 1.78 bits per heavy atom. The van der Waals surface area contributed by atoms with Crippen molar-refractivity contribution in [3.05, 3.63) is 0 Å². The van der Waals surface area contributed by atoms with E-state index in [2.05, 4.69) is 12.2 Å². The van der Waals surface area contributed by atoms with Gasteiger partial charge in [0, 0.05) is 25.7 Å². The van der Waals surface area contributed by atoms with E-state index < -0.39 is 0 Å². The Balaban J connectivity index is 2.30. The minimum atomic E-state index is 0.277. The summed E-state index contributed by atoms with van der Waals surface area (Å²) < 4.78 is 0. The maximum Gasteiger partial charge on any atom is 0.0489 e. The molecule has 3 heteroatoms. The molecule has 0 bridgehead atoms. The lowest BCUT2D eigenvalue weighted by Crippen LogP contribution is -2.46. The Labute approximate surface area is 55.6 Å². The van der Waals surface area contributed by atoms with Crippen LogP contribution in [0.4, 0.5) is 0 Å². The van der Waals surface area contributed by atoms with Crippen molar-refractivity contribution < 1.29 is 5.21 Å². The molecule has 1 fully saturated rings. The molecular formula is C6H13N2O. The standard InChI is InChI=1S/C6H13N2O/c1-2-6-5-7-3-4-8(6)9/h6,9H,2-5H2,1H3. The number of piperazine rings is 1. The molecule has 1 N–H and O–H groups in total. The molecule has 0 aliphatic carbocycles. The van der Waals surface area contributed by atoms with E-state index in [4.69, 9.17) is 5.21 Å². The Hall–Kier alpha value is -0.120. The van der Waals surface area contributed by atoms with Crippen LogP contribution in [0.25, 0.3) is 0 Å². The molecule has 1 radical (unpaired) electrons. The highest BCUT2D eigenvalue weighted by Crippen LogP contribution is 2.02. The zero-order valence-electron chi connectivity index (χ0n) is 5.75. The van der Waals surface area contributed by atoms with Gasteiger partial charge in [-0.1, -0.05) is 6.92 Å². The molecule has 1 atom stereocenters. The van der Waals surface area contributed by atoms with Gasteiger partial charge in [-0.2, -0.15) is 5.06 Å². The van der Waals surface area contributed by atoms with Crippen LogP contribution in [0.15, 0.2) is 0 Å². The third-order valence-electron chi connectivity index (χ3n) is 1.72. The molecule has 9 heavy (non-hydrogen) atoms. The molecule has 1 aliphatic rings. The molecule has 1 saturated heterocycles. The predicted molar refractivity (Wildman–Crippen MR) is 34.4 cm³/mol. The smallest absolute Gasteiger partial charge is 0.0489 e. The molecule has 0 aromatic rings. The SMILES string of the molecule is CCC1C[N]CCN1O. The summed E-state index contributed by atoms with van der Waals surface area (Å²) in [5.41, 5.74) is 0. The van der Waals surface area contributed by atoms with Crippen LogP contribution in [0.3, 0.4) is 0 Å². The fraction of sp³-hybridized carbons (Fsp3) is 1.00. The lowest BCUT2D eigenvalue weighted by Gasteiger charge is -2.28.